The van der Waals surface area contributed by atoms with Gasteiger partial charge in [-0.3, -0.25) is 4.79 Å². The average molecular weight is 577 g/mol. The number of halogens is 1. The maximum atomic E-state index is 12.3. The van der Waals surface area contributed by atoms with Crippen molar-refractivity contribution in [3.8, 4) is 5.75 Å². The summed E-state index contributed by atoms with van der Waals surface area (Å²) in [7, 11) is 0. The summed E-state index contributed by atoms with van der Waals surface area (Å²) in [6.45, 7) is 6.75. The minimum Gasteiger partial charge on any atom is -0.493 e. The molecule has 0 saturated carbocycles. The number of benzene rings is 3. The van der Waals surface area contributed by atoms with Crippen molar-refractivity contribution in [2.24, 2.45) is 0 Å². The van der Waals surface area contributed by atoms with Crippen LogP contribution in [0, 0.1) is 0 Å². The van der Waals surface area contributed by atoms with Gasteiger partial charge >= 0.3 is 0 Å². The number of amides is 1. The number of hydrogen-bond donors (Lipinski definition) is 1. The molecule has 200 valence electrons. The molecule has 5 nitrogen and oxygen atoms in total. The number of nitrogens with zero attached hydrogens (tertiary/aromatic N) is 2. The van der Waals surface area contributed by atoms with E-state index in [1.54, 1.807) is 0 Å². The smallest absolute Gasteiger partial charge is 0.251 e. The van der Waals surface area contributed by atoms with Gasteiger partial charge < -0.3 is 14.6 Å². The molecule has 0 unspecified atom stereocenters. The lowest BCUT2D eigenvalue weighted by Gasteiger charge is -2.14. The second-order valence-corrected chi connectivity index (χ2v) is 10.9. The summed E-state index contributed by atoms with van der Waals surface area (Å²) in [5.41, 5.74) is 4.22. The van der Waals surface area contributed by atoms with Crippen LogP contribution in [0.2, 0.25) is 0 Å². The van der Waals surface area contributed by atoms with Crippen molar-refractivity contribution in [2.75, 3.05) is 13.2 Å². The van der Waals surface area contributed by atoms with Crippen LogP contribution < -0.4 is 10.1 Å². The topological polar surface area (TPSA) is 56.1 Å². The number of aromatic nitrogens is 2. The molecule has 4 aromatic rings. The molecule has 6 heteroatoms. The monoisotopic (exact) mass is 575 g/mol. The summed E-state index contributed by atoms with van der Waals surface area (Å²) in [4.78, 5) is 17.2. The van der Waals surface area contributed by atoms with Gasteiger partial charge in [-0.05, 0) is 79.6 Å². The first kappa shape index (κ1) is 27.9. The molecule has 1 aromatic heterocycles. The molecule has 0 aliphatic heterocycles. The van der Waals surface area contributed by atoms with Crippen LogP contribution in [0.1, 0.15) is 73.6 Å². The fourth-order valence-electron chi connectivity index (χ4n) is 4.70. The van der Waals surface area contributed by atoms with E-state index in [1.807, 2.05) is 30.3 Å². The van der Waals surface area contributed by atoms with Crippen LogP contribution >= 0.6 is 15.9 Å². The van der Waals surface area contributed by atoms with Gasteiger partial charge in [0.1, 0.15) is 11.6 Å². The Kier molecular flexibility index (Phi) is 10.4. The van der Waals surface area contributed by atoms with Crippen molar-refractivity contribution >= 4 is 32.9 Å². The van der Waals surface area contributed by atoms with E-state index in [0.29, 0.717) is 18.0 Å². The lowest BCUT2D eigenvalue weighted by Crippen LogP contribution is -2.24. The predicted molar refractivity (Wildman–Crippen MR) is 159 cm³/mol. The maximum Gasteiger partial charge on any atom is 0.251 e. The number of para-hydroxylation sites is 3. The van der Waals surface area contributed by atoms with Gasteiger partial charge in [-0.25, -0.2) is 4.98 Å². The van der Waals surface area contributed by atoms with Gasteiger partial charge in [0.15, 0.2) is 0 Å². The van der Waals surface area contributed by atoms with E-state index in [0.717, 1.165) is 73.2 Å². The SMILES string of the molecule is CC(C)c1ccccc1OCCCCn1c(CCCCCNC(=O)c2ccc(Br)cc2)nc2ccccc21. The number of carbonyl (C=O) groups excluding carboxylic acids is 1. The molecule has 1 heterocycles. The zero-order valence-electron chi connectivity index (χ0n) is 22.5. The fraction of sp³-hybridized carbons (Fsp3) is 0.375. The number of imidazole rings is 1. The molecule has 0 spiro atoms. The van der Waals surface area contributed by atoms with Crippen molar-refractivity contribution in [3.05, 3.63) is 94.2 Å². The number of aryl methyl sites for hydroxylation is 2. The minimum atomic E-state index is -0.0176. The first-order valence-corrected chi connectivity index (χ1v) is 14.5. The zero-order chi connectivity index (χ0) is 26.7. The summed E-state index contributed by atoms with van der Waals surface area (Å²) in [5, 5.41) is 3.02. The molecule has 1 N–H and O–H groups in total. The Morgan fingerprint density at radius 1 is 0.921 bits per heavy atom. The van der Waals surface area contributed by atoms with Gasteiger partial charge in [0.25, 0.3) is 5.91 Å². The van der Waals surface area contributed by atoms with E-state index in [1.165, 1.54) is 11.1 Å². The third-order valence-corrected chi connectivity index (χ3v) is 7.31. The molecule has 1 amide bonds. The van der Waals surface area contributed by atoms with Gasteiger partial charge in [0, 0.05) is 29.5 Å². The van der Waals surface area contributed by atoms with Crippen molar-refractivity contribution in [1.82, 2.24) is 14.9 Å². The van der Waals surface area contributed by atoms with Crippen molar-refractivity contribution in [2.45, 2.75) is 64.8 Å². The highest BCUT2D eigenvalue weighted by atomic mass is 79.9. The highest BCUT2D eigenvalue weighted by molar-refractivity contribution is 9.10. The first-order chi connectivity index (χ1) is 18.5. The van der Waals surface area contributed by atoms with Crippen LogP contribution in [0.25, 0.3) is 11.0 Å². The molecule has 0 atom stereocenters. The number of fused-ring (bicyclic) bond motifs is 1. The van der Waals surface area contributed by atoms with Gasteiger partial charge in [0.05, 0.1) is 17.6 Å². The fourth-order valence-corrected chi connectivity index (χ4v) is 4.96. The van der Waals surface area contributed by atoms with Gasteiger partial charge in [-0.1, -0.05) is 66.5 Å². The van der Waals surface area contributed by atoms with Crippen LogP contribution in [0.3, 0.4) is 0 Å². The molecule has 0 bridgehead atoms. The molecule has 0 fully saturated rings. The third-order valence-electron chi connectivity index (χ3n) is 6.78. The Bertz CT molecular complexity index is 1310. The normalized spacial score (nSPS) is 11.3. The number of unbranched alkanes of at least 4 members (excludes halogenated alkanes) is 3. The van der Waals surface area contributed by atoms with Crippen LogP contribution in [-0.4, -0.2) is 28.6 Å². The van der Waals surface area contributed by atoms with E-state index in [-0.39, 0.29) is 5.91 Å². The number of carbonyl (C=O) groups is 1. The standard InChI is InChI=1S/C32H38BrN3O2/c1-24(2)27-12-5-8-15-30(27)38-23-11-10-22-36-29-14-7-6-13-28(29)35-31(36)16-4-3-9-21-34-32(37)25-17-19-26(33)20-18-25/h5-8,12-15,17-20,24H,3-4,9-11,16,21-23H2,1-2H3,(H,34,37). The average Bonchev–Trinajstić information content (AvgIpc) is 3.28. The number of ether oxygens (including phenoxy) is 1. The Morgan fingerprint density at radius 2 is 1.68 bits per heavy atom. The molecular weight excluding hydrogens is 538 g/mol. The van der Waals surface area contributed by atoms with Crippen molar-refractivity contribution < 1.29 is 9.53 Å². The lowest BCUT2D eigenvalue weighted by atomic mass is 10.0. The van der Waals surface area contributed by atoms with Crippen molar-refractivity contribution in [3.63, 3.8) is 0 Å². The molecule has 4 rings (SSSR count). The summed E-state index contributed by atoms with van der Waals surface area (Å²) in [6, 6.07) is 24.2. The van der Waals surface area contributed by atoms with Crippen LogP contribution in [0.15, 0.2) is 77.3 Å². The molecule has 38 heavy (non-hydrogen) atoms. The number of hydrogen-bond acceptors (Lipinski definition) is 3. The third kappa shape index (κ3) is 7.70. The van der Waals surface area contributed by atoms with Crippen LogP contribution in [0.5, 0.6) is 5.75 Å². The lowest BCUT2D eigenvalue weighted by molar-refractivity contribution is 0.0953. The number of rotatable bonds is 14. The zero-order valence-corrected chi connectivity index (χ0v) is 24.0. The van der Waals surface area contributed by atoms with E-state index in [4.69, 9.17) is 9.72 Å². The molecule has 0 aliphatic rings. The van der Waals surface area contributed by atoms with Gasteiger partial charge in [-0.2, -0.15) is 0 Å². The summed E-state index contributed by atoms with van der Waals surface area (Å²) >= 11 is 3.40. The number of nitrogens with one attached hydrogen (secondary N) is 1. The second kappa shape index (κ2) is 14.1. The van der Waals surface area contributed by atoms with E-state index in [2.05, 4.69) is 82.1 Å². The largest absolute Gasteiger partial charge is 0.493 e. The molecule has 0 radical (unpaired) electrons. The molecule has 3 aromatic carbocycles. The second-order valence-electron chi connectivity index (χ2n) is 9.99. The van der Waals surface area contributed by atoms with E-state index < -0.39 is 0 Å². The van der Waals surface area contributed by atoms with Crippen molar-refractivity contribution in [1.29, 1.82) is 0 Å². The Balaban J connectivity index is 1.23. The highest BCUT2D eigenvalue weighted by Gasteiger charge is 2.11. The van der Waals surface area contributed by atoms with Gasteiger partial charge in [-0.15, -0.1) is 0 Å². The minimum absolute atomic E-state index is 0.0176. The molecule has 0 aliphatic carbocycles. The summed E-state index contributed by atoms with van der Waals surface area (Å²) in [6.07, 6.45) is 6.03. The Labute approximate surface area is 234 Å². The Hall–Kier alpha value is -3.12. The van der Waals surface area contributed by atoms with E-state index in [9.17, 15) is 4.79 Å². The van der Waals surface area contributed by atoms with Crippen LogP contribution in [0.4, 0.5) is 0 Å². The quantitative estimate of drug-likeness (QED) is 0.155. The van der Waals surface area contributed by atoms with Crippen LogP contribution in [-0.2, 0) is 13.0 Å². The van der Waals surface area contributed by atoms with Gasteiger partial charge in [0.2, 0.25) is 0 Å². The Morgan fingerprint density at radius 3 is 2.50 bits per heavy atom. The molecule has 0 saturated heterocycles. The molecular formula is C32H38BrN3O2. The first-order valence-electron chi connectivity index (χ1n) is 13.7. The summed E-state index contributed by atoms with van der Waals surface area (Å²) < 4.78 is 9.49. The maximum absolute atomic E-state index is 12.3. The summed E-state index contributed by atoms with van der Waals surface area (Å²) in [5.74, 6) is 2.59. The highest BCUT2D eigenvalue weighted by Crippen LogP contribution is 2.26. The van der Waals surface area contributed by atoms with E-state index >= 15 is 0 Å². The predicted octanol–water partition coefficient (Wildman–Crippen LogP) is 7.92.